The van der Waals surface area contributed by atoms with Crippen molar-refractivity contribution in [3.63, 3.8) is 0 Å². The van der Waals surface area contributed by atoms with E-state index in [-0.39, 0.29) is 16.1 Å². The van der Waals surface area contributed by atoms with E-state index >= 15 is 0 Å². The molecule has 0 fully saturated rings. The van der Waals surface area contributed by atoms with Gasteiger partial charge in [-0.05, 0) is 50.1 Å². The highest BCUT2D eigenvalue weighted by Crippen LogP contribution is 2.32. The Morgan fingerprint density at radius 3 is 2.70 bits per heavy atom. The molecule has 2 amide bonds. The molecule has 0 spiro atoms. The van der Waals surface area contributed by atoms with Crippen molar-refractivity contribution in [3.05, 3.63) is 48.0 Å². The number of rotatable bonds is 9. The number of nitrogens with zero attached hydrogens (tertiary/aromatic N) is 1. The highest BCUT2D eigenvalue weighted by atomic mass is 32.2. The lowest BCUT2D eigenvalue weighted by Gasteiger charge is -2.08. The number of ether oxygens (including phenoxy) is 1. The van der Waals surface area contributed by atoms with Crippen molar-refractivity contribution in [1.29, 1.82) is 0 Å². The van der Waals surface area contributed by atoms with Crippen LogP contribution in [0.2, 0.25) is 0 Å². The number of amides is 2. The first-order valence-corrected chi connectivity index (χ1v) is 11.8. The van der Waals surface area contributed by atoms with Gasteiger partial charge in [-0.25, -0.2) is 18.2 Å². The summed E-state index contributed by atoms with van der Waals surface area (Å²) in [6.07, 6.45) is 0.735. The normalized spacial score (nSPS) is 11.4. The van der Waals surface area contributed by atoms with E-state index in [9.17, 15) is 13.2 Å². The summed E-state index contributed by atoms with van der Waals surface area (Å²) in [7, 11) is -3.71. The molecule has 160 valence electrons. The maximum Gasteiger partial charge on any atom is 0.319 e. The molecule has 0 aliphatic carbocycles. The molecule has 8 nitrogen and oxygen atoms in total. The standard InChI is InChI=1S/C20H24N4O4S2/c1-3-28-11-7-10-21-19(25)22-15-12-14(2)18-17(13-15)29-20(23-18)24-30(26,27)16-8-5-4-6-9-16/h4-6,8-9,12-13H,3,7,10-11H2,1-2H3,(H,23,24)(H2,21,22,25). The molecular weight excluding hydrogens is 424 g/mol. The number of carbonyl (C=O) groups is 1. The Labute approximate surface area is 179 Å². The predicted octanol–water partition coefficient (Wildman–Crippen LogP) is 3.95. The highest BCUT2D eigenvalue weighted by molar-refractivity contribution is 7.93. The van der Waals surface area contributed by atoms with Crippen molar-refractivity contribution >= 4 is 48.4 Å². The van der Waals surface area contributed by atoms with Gasteiger partial charge in [-0.15, -0.1) is 0 Å². The van der Waals surface area contributed by atoms with E-state index in [1.165, 1.54) is 23.5 Å². The first kappa shape index (κ1) is 22.0. The van der Waals surface area contributed by atoms with Gasteiger partial charge in [0.2, 0.25) is 0 Å². The quantitative estimate of drug-likeness (QED) is 0.429. The average Bonchev–Trinajstić information content (AvgIpc) is 3.10. The lowest BCUT2D eigenvalue weighted by Crippen LogP contribution is -2.30. The molecule has 3 rings (SSSR count). The molecule has 0 saturated carbocycles. The van der Waals surface area contributed by atoms with Crippen LogP contribution in [0.25, 0.3) is 10.2 Å². The van der Waals surface area contributed by atoms with Crippen molar-refractivity contribution in [1.82, 2.24) is 10.3 Å². The van der Waals surface area contributed by atoms with E-state index < -0.39 is 10.0 Å². The summed E-state index contributed by atoms with van der Waals surface area (Å²) in [6, 6.07) is 11.4. The maximum absolute atomic E-state index is 12.5. The number of thiazole rings is 1. The van der Waals surface area contributed by atoms with Crippen LogP contribution in [-0.2, 0) is 14.8 Å². The van der Waals surface area contributed by atoms with Crippen LogP contribution >= 0.6 is 11.3 Å². The second-order valence-corrected chi connectivity index (χ2v) is 9.22. The second-order valence-electron chi connectivity index (χ2n) is 6.51. The summed E-state index contributed by atoms with van der Waals surface area (Å²) in [5, 5.41) is 5.85. The maximum atomic E-state index is 12.5. The third kappa shape index (κ3) is 5.68. The van der Waals surface area contributed by atoms with Crippen LogP contribution in [0.15, 0.2) is 47.4 Å². The Hall–Kier alpha value is -2.69. The minimum atomic E-state index is -3.71. The summed E-state index contributed by atoms with van der Waals surface area (Å²) in [4.78, 5) is 16.7. The van der Waals surface area contributed by atoms with Gasteiger partial charge in [-0.2, -0.15) is 0 Å². The van der Waals surface area contributed by atoms with Crippen LogP contribution < -0.4 is 15.4 Å². The third-order valence-electron chi connectivity index (χ3n) is 4.17. The fraction of sp³-hybridized carbons (Fsp3) is 0.300. The van der Waals surface area contributed by atoms with E-state index in [2.05, 4.69) is 20.3 Å². The van der Waals surface area contributed by atoms with Crippen LogP contribution in [-0.4, -0.2) is 39.2 Å². The summed E-state index contributed by atoms with van der Waals surface area (Å²) < 4.78 is 33.6. The van der Waals surface area contributed by atoms with E-state index in [1.807, 2.05) is 13.8 Å². The first-order chi connectivity index (χ1) is 14.4. The van der Waals surface area contributed by atoms with E-state index in [0.29, 0.717) is 31.0 Å². The van der Waals surface area contributed by atoms with Crippen LogP contribution in [0.5, 0.6) is 0 Å². The Kier molecular flexibility index (Phi) is 7.24. The fourth-order valence-electron chi connectivity index (χ4n) is 2.78. The van der Waals surface area contributed by atoms with Gasteiger partial charge in [0, 0.05) is 25.4 Å². The van der Waals surface area contributed by atoms with Gasteiger partial charge in [-0.1, -0.05) is 29.5 Å². The number of aryl methyl sites for hydroxylation is 1. The molecule has 0 unspecified atom stereocenters. The molecule has 1 heterocycles. The molecule has 0 atom stereocenters. The Bertz CT molecular complexity index is 1110. The monoisotopic (exact) mass is 448 g/mol. The van der Waals surface area contributed by atoms with E-state index in [1.54, 1.807) is 30.3 Å². The number of hydrogen-bond acceptors (Lipinski definition) is 6. The van der Waals surface area contributed by atoms with Gasteiger partial charge in [0.05, 0.1) is 15.1 Å². The number of sulfonamides is 1. The van der Waals surface area contributed by atoms with Gasteiger partial charge in [0.1, 0.15) is 0 Å². The topological polar surface area (TPSA) is 109 Å². The Morgan fingerprint density at radius 2 is 1.97 bits per heavy atom. The average molecular weight is 449 g/mol. The van der Waals surface area contributed by atoms with Crippen LogP contribution in [0, 0.1) is 6.92 Å². The molecular formula is C20H24N4O4S2. The van der Waals surface area contributed by atoms with Gasteiger partial charge in [-0.3, -0.25) is 4.72 Å². The van der Waals surface area contributed by atoms with Gasteiger partial charge >= 0.3 is 6.03 Å². The minimum absolute atomic E-state index is 0.171. The molecule has 0 bridgehead atoms. The summed E-state index contributed by atoms with van der Waals surface area (Å²) in [5.41, 5.74) is 2.14. The predicted molar refractivity (Wildman–Crippen MR) is 120 cm³/mol. The molecule has 0 aliphatic heterocycles. The molecule has 0 saturated heterocycles. The number of anilines is 2. The molecule has 2 aromatic carbocycles. The number of urea groups is 1. The Morgan fingerprint density at radius 1 is 1.20 bits per heavy atom. The number of aromatic nitrogens is 1. The lowest BCUT2D eigenvalue weighted by molar-refractivity contribution is 0.145. The zero-order valence-corrected chi connectivity index (χ0v) is 18.4. The van der Waals surface area contributed by atoms with Crippen LogP contribution in [0.4, 0.5) is 15.6 Å². The van der Waals surface area contributed by atoms with Crippen molar-refractivity contribution < 1.29 is 17.9 Å². The molecule has 0 aliphatic rings. The molecule has 3 N–H and O–H groups in total. The minimum Gasteiger partial charge on any atom is -0.382 e. The van der Waals surface area contributed by atoms with Gasteiger partial charge in [0.25, 0.3) is 10.0 Å². The smallest absolute Gasteiger partial charge is 0.319 e. The molecule has 3 aromatic rings. The molecule has 30 heavy (non-hydrogen) atoms. The SMILES string of the molecule is CCOCCCNC(=O)Nc1cc(C)c2nc(NS(=O)(=O)c3ccccc3)sc2c1. The number of hydrogen-bond donors (Lipinski definition) is 3. The zero-order valence-electron chi connectivity index (χ0n) is 16.8. The van der Waals surface area contributed by atoms with Crippen molar-refractivity contribution in [3.8, 4) is 0 Å². The number of carbonyl (C=O) groups excluding carboxylic acids is 1. The molecule has 10 heteroatoms. The van der Waals surface area contributed by atoms with E-state index in [0.717, 1.165) is 16.7 Å². The first-order valence-electron chi connectivity index (χ1n) is 9.50. The molecule has 1 aromatic heterocycles. The summed E-state index contributed by atoms with van der Waals surface area (Å²) in [5.74, 6) is 0. The van der Waals surface area contributed by atoms with Crippen molar-refractivity contribution in [2.45, 2.75) is 25.2 Å². The van der Waals surface area contributed by atoms with Crippen LogP contribution in [0.1, 0.15) is 18.9 Å². The number of nitrogens with one attached hydrogen (secondary N) is 3. The van der Waals surface area contributed by atoms with E-state index in [4.69, 9.17) is 4.74 Å². The summed E-state index contributed by atoms with van der Waals surface area (Å²) in [6.45, 7) is 5.56. The molecule has 0 radical (unpaired) electrons. The van der Waals surface area contributed by atoms with Gasteiger partial charge in [0.15, 0.2) is 5.13 Å². The van der Waals surface area contributed by atoms with Gasteiger partial charge < -0.3 is 15.4 Å². The van der Waals surface area contributed by atoms with Crippen molar-refractivity contribution in [2.24, 2.45) is 0 Å². The number of fused-ring (bicyclic) bond motifs is 1. The lowest BCUT2D eigenvalue weighted by atomic mass is 10.2. The summed E-state index contributed by atoms with van der Waals surface area (Å²) >= 11 is 1.21. The second kappa shape index (κ2) is 9.88. The van der Waals surface area contributed by atoms with Crippen LogP contribution in [0.3, 0.4) is 0 Å². The zero-order chi connectivity index (χ0) is 21.6. The number of benzene rings is 2. The van der Waals surface area contributed by atoms with Crippen molar-refractivity contribution in [2.75, 3.05) is 29.8 Å². The third-order valence-corrected chi connectivity index (χ3v) is 6.58. The highest BCUT2D eigenvalue weighted by Gasteiger charge is 2.17. The largest absolute Gasteiger partial charge is 0.382 e. The fourth-order valence-corrected chi connectivity index (χ4v) is 5.02. The Balaban J connectivity index is 1.70.